The SMILES string of the molecule is NC1CCc2ccc(Oc3ccccc3-c3ccc(Cl)cc3)cc2C1C(=O)O. The molecule has 3 aromatic rings. The Morgan fingerprint density at radius 3 is 2.57 bits per heavy atom. The molecule has 28 heavy (non-hydrogen) atoms. The Hall–Kier alpha value is -2.82. The monoisotopic (exact) mass is 393 g/mol. The van der Waals surface area contributed by atoms with E-state index in [1.54, 1.807) is 0 Å². The minimum atomic E-state index is -0.896. The number of carboxylic acid groups (broad SMARTS) is 1. The van der Waals surface area contributed by atoms with Crippen molar-refractivity contribution >= 4 is 17.6 Å². The Labute approximate surface area is 168 Å². The van der Waals surface area contributed by atoms with Crippen LogP contribution >= 0.6 is 11.6 Å². The number of aliphatic carboxylic acids is 1. The summed E-state index contributed by atoms with van der Waals surface area (Å²) in [6.45, 7) is 0. The standard InChI is InChI=1S/C23H20ClNO3/c24-16-9-5-14(6-10-16)18-3-1-2-4-21(18)28-17-11-7-15-8-12-20(25)22(23(26)27)19(15)13-17/h1-7,9-11,13,20,22H,8,12,25H2,(H,26,27). The van der Waals surface area contributed by atoms with E-state index >= 15 is 0 Å². The van der Waals surface area contributed by atoms with Crippen molar-refractivity contribution in [2.45, 2.75) is 24.8 Å². The number of benzene rings is 3. The van der Waals surface area contributed by atoms with Gasteiger partial charge in [0.2, 0.25) is 0 Å². The molecule has 4 nitrogen and oxygen atoms in total. The lowest BCUT2D eigenvalue weighted by Gasteiger charge is -2.28. The summed E-state index contributed by atoms with van der Waals surface area (Å²) in [5, 5.41) is 10.3. The summed E-state index contributed by atoms with van der Waals surface area (Å²) in [6.07, 6.45) is 1.45. The lowest BCUT2D eigenvalue weighted by Crippen LogP contribution is -2.37. The third-order valence-electron chi connectivity index (χ3n) is 5.16. The van der Waals surface area contributed by atoms with E-state index in [-0.39, 0.29) is 6.04 Å². The van der Waals surface area contributed by atoms with Crippen molar-refractivity contribution in [3.63, 3.8) is 0 Å². The first kappa shape index (κ1) is 18.5. The number of hydrogen-bond donors (Lipinski definition) is 2. The van der Waals surface area contributed by atoms with E-state index in [2.05, 4.69) is 0 Å². The van der Waals surface area contributed by atoms with Gasteiger partial charge in [-0.1, -0.05) is 48.0 Å². The first-order valence-electron chi connectivity index (χ1n) is 9.17. The summed E-state index contributed by atoms with van der Waals surface area (Å²) in [5.41, 5.74) is 9.76. The van der Waals surface area contributed by atoms with Gasteiger partial charge in [-0.3, -0.25) is 4.79 Å². The normalized spacial score (nSPS) is 18.4. The van der Waals surface area contributed by atoms with Crippen LogP contribution in [0.4, 0.5) is 0 Å². The number of hydrogen-bond acceptors (Lipinski definition) is 3. The van der Waals surface area contributed by atoms with E-state index in [1.807, 2.05) is 66.7 Å². The number of fused-ring (bicyclic) bond motifs is 1. The molecule has 3 aromatic carbocycles. The maximum absolute atomic E-state index is 11.7. The number of ether oxygens (including phenoxy) is 1. The van der Waals surface area contributed by atoms with Crippen molar-refractivity contribution in [3.8, 4) is 22.6 Å². The van der Waals surface area contributed by atoms with Gasteiger partial charge in [-0.25, -0.2) is 0 Å². The molecule has 0 aliphatic heterocycles. The first-order valence-corrected chi connectivity index (χ1v) is 9.55. The number of rotatable bonds is 4. The molecule has 0 radical (unpaired) electrons. The molecular formula is C23H20ClNO3. The molecule has 0 aromatic heterocycles. The van der Waals surface area contributed by atoms with Crippen molar-refractivity contribution < 1.29 is 14.6 Å². The number of aryl methyl sites for hydroxylation is 1. The van der Waals surface area contributed by atoms with Crippen molar-refractivity contribution in [2.24, 2.45) is 5.73 Å². The highest BCUT2D eigenvalue weighted by molar-refractivity contribution is 6.30. The molecule has 0 bridgehead atoms. The van der Waals surface area contributed by atoms with Gasteiger partial charge in [0.25, 0.3) is 0 Å². The van der Waals surface area contributed by atoms with Crippen LogP contribution in [0.25, 0.3) is 11.1 Å². The predicted octanol–water partition coefficient (Wildman–Crippen LogP) is 5.24. The minimum absolute atomic E-state index is 0.387. The molecule has 2 atom stereocenters. The molecule has 0 saturated heterocycles. The van der Waals surface area contributed by atoms with E-state index in [0.717, 1.165) is 28.7 Å². The van der Waals surface area contributed by atoms with Gasteiger partial charge in [0.05, 0.1) is 5.92 Å². The molecule has 5 heteroatoms. The largest absolute Gasteiger partial charge is 0.481 e. The number of carbonyl (C=O) groups is 1. The van der Waals surface area contributed by atoms with E-state index in [1.165, 1.54) is 0 Å². The summed E-state index contributed by atoms with van der Waals surface area (Å²) in [5.74, 6) is -0.316. The molecule has 2 unspecified atom stereocenters. The van der Waals surface area contributed by atoms with Gasteiger partial charge in [0.1, 0.15) is 11.5 Å². The van der Waals surface area contributed by atoms with Crippen LogP contribution in [-0.4, -0.2) is 17.1 Å². The van der Waals surface area contributed by atoms with Crippen LogP contribution in [0.1, 0.15) is 23.5 Å². The second-order valence-electron chi connectivity index (χ2n) is 6.98. The lowest BCUT2D eigenvalue weighted by molar-refractivity contribution is -0.139. The summed E-state index contributed by atoms with van der Waals surface area (Å²) in [7, 11) is 0. The van der Waals surface area contributed by atoms with Gasteiger partial charge >= 0.3 is 5.97 Å². The van der Waals surface area contributed by atoms with Gasteiger partial charge in [-0.2, -0.15) is 0 Å². The quantitative estimate of drug-likeness (QED) is 0.635. The molecule has 0 spiro atoms. The highest BCUT2D eigenvalue weighted by atomic mass is 35.5. The van der Waals surface area contributed by atoms with E-state index in [0.29, 0.717) is 22.9 Å². The average Bonchev–Trinajstić information content (AvgIpc) is 2.68. The molecule has 0 heterocycles. The Balaban J connectivity index is 1.70. The first-order chi connectivity index (χ1) is 13.5. The topological polar surface area (TPSA) is 72.5 Å². The molecule has 3 N–H and O–H groups in total. The Kier molecular flexibility index (Phi) is 5.07. The van der Waals surface area contributed by atoms with Crippen molar-refractivity contribution in [2.75, 3.05) is 0 Å². The molecule has 142 valence electrons. The van der Waals surface area contributed by atoms with Crippen LogP contribution < -0.4 is 10.5 Å². The van der Waals surface area contributed by atoms with Crippen molar-refractivity contribution in [3.05, 3.63) is 82.9 Å². The second kappa shape index (κ2) is 7.66. The molecule has 0 saturated carbocycles. The van der Waals surface area contributed by atoms with Gasteiger partial charge in [-0.05, 0) is 59.9 Å². The number of carboxylic acids is 1. The van der Waals surface area contributed by atoms with Crippen LogP contribution in [0.15, 0.2) is 66.7 Å². The highest BCUT2D eigenvalue weighted by Crippen LogP contribution is 2.37. The number of halogens is 1. The summed E-state index contributed by atoms with van der Waals surface area (Å²) < 4.78 is 6.16. The fourth-order valence-corrected chi connectivity index (χ4v) is 3.87. The van der Waals surface area contributed by atoms with Crippen LogP contribution in [0.5, 0.6) is 11.5 Å². The van der Waals surface area contributed by atoms with Gasteiger partial charge in [0, 0.05) is 16.6 Å². The molecule has 0 amide bonds. The molecule has 1 aliphatic carbocycles. The van der Waals surface area contributed by atoms with E-state index in [4.69, 9.17) is 22.1 Å². The third kappa shape index (κ3) is 3.61. The van der Waals surface area contributed by atoms with Gasteiger partial charge < -0.3 is 15.6 Å². The number of para-hydroxylation sites is 1. The average molecular weight is 394 g/mol. The van der Waals surface area contributed by atoms with Gasteiger partial charge in [0.15, 0.2) is 0 Å². The maximum atomic E-state index is 11.7. The third-order valence-corrected chi connectivity index (χ3v) is 5.42. The van der Waals surface area contributed by atoms with E-state index < -0.39 is 11.9 Å². The molecule has 4 rings (SSSR count). The van der Waals surface area contributed by atoms with Crippen molar-refractivity contribution in [1.29, 1.82) is 0 Å². The summed E-state index contributed by atoms with van der Waals surface area (Å²) in [6, 6.07) is 20.5. The second-order valence-corrected chi connectivity index (χ2v) is 7.42. The lowest BCUT2D eigenvalue weighted by atomic mass is 9.79. The summed E-state index contributed by atoms with van der Waals surface area (Å²) >= 11 is 6.00. The fraction of sp³-hybridized carbons (Fsp3) is 0.174. The summed E-state index contributed by atoms with van der Waals surface area (Å²) in [4.78, 5) is 11.7. The van der Waals surface area contributed by atoms with Crippen LogP contribution in [0.3, 0.4) is 0 Å². The van der Waals surface area contributed by atoms with Crippen LogP contribution in [0.2, 0.25) is 5.02 Å². The minimum Gasteiger partial charge on any atom is -0.481 e. The zero-order chi connectivity index (χ0) is 19.7. The predicted molar refractivity (Wildman–Crippen MR) is 110 cm³/mol. The Morgan fingerprint density at radius 2 is 1.82 bits per heavy atom. The molecule has 1 aliphatic rings. The van der Waals surface area contributed by atoms with Crippen LogP contribution in [0, 0.1) is 0 Å². The maximum Gasteiger partial charge on any atom is 0.312 e. The molecular weight excluding hydrogens is 374 g/mol. The molecule has 0 fully saturated rings. The van der Waals surface area contributed by atoms with E-state index in [9.17, 15) is 9.90 Å². The number of nitrogens with two attached hydrogens (primary N) is 1. The fourth-order valence-electron chi connectivity index (χ4n) is 3.74. The zero-order valence-corrected chi connectivity index (χ0v) is 15.9. The zero-order valence-electron chi connectivity index (χ0n) is 15.1. The van der Waals surface area contributed by atoms with Crippen LogP contribution in [-0.2, 0) is 11.2 Å². The highest BCUT2D eigenvalue weighted by Gasteiger charge is 2.33. The van der Waals surface area contributed by atoms with Gasteiger partial charge in [-0.15, -0.1) is 0 Å². The smallest absolute Gasteiger partial charge is 0.312 e. The van der Waals surface area contributed by atoms with Crippen molar-refractivity contribution in [1.82, 2.24) is 0 Å². The Morgan fingerprint density at radius 1 is 1.07 bits per heavy atom. The Bertz CT molecular complexity index is 1020.